The zero-order valence-corrected chi connectivity index (χ0v) is 19.4. The number of hydrogen-bond acceptors (Lipinski definition) is 6. The lowest BCUT2D eigenvalue weighted by Crippen LogP contribution is -2.38. The quantitative estimate of drug-likeness (QED) is 0.591. The molecular weight excluding hydrogens is 446 g/mol. The van der Waals surface area contributed by atoms with E-state index in [1.807, 2.05) is 18.2 Å². The number of fused-ring (bicyclic) bond motifs is 1. The molecule has 168 valence electrons. The topological polar surface area (TPSA) is 88.6 Å². The highest BCUT2D eigenvalue weighted by Crippen LogP contribution is 2.34. The lowest BCUT2D eigenvalue weighted by molar-refractivity contribution is 0.0712. The Bertz CT molecular complexity index is 1230. The first kappa shape index (κ1) is 21.4. The fourth-order valence-electron chi connectivity index (χ4n) is 4.08. The van der Waals surface area contributed by atoms with Gasteiger partial charge in [-0.2, -0.15) is 0 Å². The first-order chi connectivity index (χ1) is 15.4. The highest BCUT2D eigenvalue weighted by atomic mass is 32.2. The van der Waals surface area contributed by atoms with Crippen molar-refractivity contribution in [1.29, 1.82) is 0 Å². The van der Waals surface area contributed by atoms with Gasteiger partial charge in [-0.3, -0.25) is 4.79 Å². The number of amides is 1. The Hall–Kier alpha value is -2.49. The van der Waals surface area contributed by atoms with Crippen LogP contribution in [0.15, 0.2) is 47.4 Å². The maximum Gasteiger partial charge on any atom is 0.253 e. The van der Waals surface area contributed by atoms with Crippen LogP contribution in [0.3, 0.4) is 0 Å². The van der Waals surface area contributed by atoms with Crippen LogP contribution in [-0.4, -0.2) is 50.5 Å². The van der Waals surface area contributed by atoms with Crippen molar-refractivity contribution in [2.45, 2.75) is 42.5 Å². The SMILES string of the molecule is COc1ccc(C(=O)N2CCC(c3nc4ccccc4s3)CC2)cc1S(=O)(=O)NC1CC1. The van der Waals surface area contributed by atoms with Gasteiger partial charge in [-0.15, -0.1) is 11.3 Å². The average Bonchev–Trinajstić information content (AvgIpc) is 3.51. The van der Waals surface area contributed by atoms with Crippen LogP contribution >= 0.6 is 11.3 Å². The van der Waals surface area contributed by atoms with Crippen LogP contribution in [0.5, 0.6) is 5.75 Å². The number of nitrogens with zero attached hydrogens (tertiary/aromatic N) is 2. The summed E-state index contributed by atoms with van der Waals surface area (Å²) in [6, 6.07) is 12.7. The zero-order valence-electron chi connectivity index (χ0n) is 17.8. The number of carbonyl (C=O) groups excluding carboxylic acids is 1. The highest BCUT2D eigenvalue weighted by Gasteiger charge is 2.31. The molecule has 1 amide bonds. The molecule has 7 nitrogen and oxygen atoms in total. The van der Waals surface area contributed by atoms with Crippen LogP contribution in [-0.2, 0) is 10.0 Å². The number of nitrogens with one attached hydrogen (secondary N) is 1. The van der Waals surface area contributed by atoms with Gasteiger partial charge in [-0.05, 0) is 56.0 Å². The van der Waals surface area contributed by atoms with E-state index in [-0.39, 0.29) is 22.6 Å². The number of rotatable bonds is 6. The lowest BCUT2D eigenvalue weighted by atomic mass is 9.97. The molecule has 1 aliphatic heterocycles. The zero-order chi connectivity index (χ0) is 22.3. The minimum atomic E-state index is -3.74. The Morgan fingerprint density at radius 2 is 1.88 bits per heavy atom. The van der Waals surface area contributed by atoms with E-state index in [1.165, 1.54) is 17.9 Å². The van der Waals surface area contributed by atoms with Gasteiger partial charge in [0.25, 0.3) is 5.91 Å². The van der Waals surface area contributed by atoms with Crippen LogP contribution in [0.1, 0.15) is 47.0 Å². The lowest BCUT2D eigenvalue weighted by Gasteiger charge is -2.31. The van der Waals surface area contributed by atoms with E-state index >= 15 is 0 Å². The molecular formula is C23H25N3O4S2. The maximum atomic E-state index is 13.2. The molecule has 5 rings (SSSR count). The number of sulfonamides is 1. The monoisotopic (exact) mass is 471 g/mol. The molecule has 2 aliphatic rings. The fraction of sp³-hybridized carbons (Fsp3) is 0.391. The minimum Gasteiger partial charge on any atom is -0.495 e. The number of thiazole rings is 1. The van der Waals surface area contributed by atoms with Gasteiger partial charge in [0.1, 0.15) is 10.6 Å². The Morgan fingerprint density at radius 3 is 2.56 bits per heavy atom. The molecule has 1 aliphatic carbocycles. The summed E-state index contributed by atoms with van der Waals surface area (Å²) in [5.74, 6) is 0.425. The minimum absolute atomic E-state index is 0.0158. The van der Waals surface area contributed by atoms with Gasteiger partial charge in [0.15, 0.2) is 0 Å². The van der Waals surface area contributed by atoms with Gasteiger partial charge >= 0.3 is 0 Å². The van der Waals surface area contributed by atoms with Crippen LogP contribution in [0.25, 0.3) is 10.2 Å². The third-order valence-corrected chi connectivity index (χ3v) is 8.78. The second kappa shape index (κ2) is 8.46. The van der Waals surface area contributed by atoms with E-state index in [0.717, 1.165) is 36.2 Å². The molecule has 2 heterocycles. The summed E-state index contributed by atoms with van der Waals surface area (Å²) in [5, 5.41) is 1.13. The van der Waals surface area contributed by atoms with Crippen LogP contribution in [0.4, 0.5) is 0 Å². The van der Waals surface area contributed by atoms with E-state index in [2.05, 4.69) is 10.8 Å². The number of likely N-dealkylation sites (tertiary alicyclic amines) is 1. The second-order valence-corrected chi connectivity index (χ2v) is 11.1. The molecule has 3 aromatic rings. The molecule has 0 spiro atoms. The molecule has 32 heavy (non-hydrogen) atoms. The van der Waals surface area contributed by atoms with Crippen molar-refractivity contribution in [3.63, 3.8) is 0 Å². The van der Waals surface area contributed by atoms with Crippen LogP contribution in [0, 0.1) is 0 Å². The predicted molar refractivity (Wildman–Crippen MR) is 124 cm³/mol. The molecule has 0 atom stereocenters. The average molecular weight is 472 g/mol. The van der Waals surface area contributed by atoms with Gasteiger partial charge in [0.2, 0.25) is 10.0 Å². The Morgan fingerprint density at radius 1 is 1.12 bits per heavy atom. The molecule has 2 fully saturated rings. The molecule has 1 aromatic heterocycles. The summed E-state index contributed by atoms with van der Waals surface area (Å²) >= 11 is 1.73. The standard InChI is InChI=1S/C23H25N3O4S2/c1-30-19-9-6-16(14-21(19)32(28,29)25-17-7-8-17)23(27)26-12-10-15(11-13-26)22-24-18-4-2-3-5-20(18)31-22/h2-6,9,14-15,17,25H,7-8,10-13H2,1H3. The first-order valence-electron chi connectivity index (χ1n) is 10.8. The van der Waals surface area contributed by atoms with E-state index in [4.69, 9.17) is 9.72 Å². The fourth-order valence-corrected chi connectivity index (χ4v) is 6.72. The first-order valence-corrected chi connectivity index (χ1v) is 13.1. The molecule has 1 saturated heterocycles. The molecule has 2 aromatic carbocycles. The molecule has 0 bridgehead atoms. The molecule has 9 heteroatoms. The van der Waals surface area contributed by atoms with Crippen molar-refractivity contribution in [3.05, 3.63) is 53.0 Å². The van der Waals surface area contributed by atoms with Gasteiger partial charge in [-0.25, -0.2) is 18.1 Å². The van der Waals surface area contributed by atoms with E-state index in [9.17, 15) is 13.2 Å². The van der Waals surface area contributed by atoms with E-state index in [0.29, 0.717) is 24.6 Å². The Kier molecular flexibility index (Phi) is 5.65. The van der Waals surface area contributed by atoms with Crippen molar-refractivity contribution in [2.75, 3.05) is 20.2 Å². The normalized spacial score (nSPS) is 17.6. The van der Waals surface area contributed by atoms with Crippen molar-refractivity contribution < 1.29 is 17.9 Å². The Balaban J connectivity index is 1.31. The van der Waals surface area contributed by atoms with Gasteiger partial charge in [0.05, 0.1) is 22.3 Å². The maximum absolute atomic E-state index is 13.2. The number of benzene rings is 2. The molecule has 1 N–H and O–H groups in total. The Labute approximate surface area is 191 Å². The number of hydrogen-bond donors (Lipinski definition) is 1. The van der Waals surface area contributed by atoms with Crippen molar-refractivity contribution >= 4 is 37.5 Å². The molecule has 1 saturated carbocycles. The number of methoxy groups -OCH3 is 1. The van der Waals surface area contributed by atoms with E-state index < -0.39 is 10.0 Å². The summed E-state index contributed by atoms with van der Waals surface area (Å²) < 4.78 is 34.6. The third-order valence-electron chi connectivity index (χ3n) is 6.04. The number of piperidine rings is 1. The number of para-hydroxylation sites is 1. The number of aromatic nitrogens is 1. The predicted octanol–water partition coefficient (Wildman–Crippen LogP) is 3.77. The smallest absolute Gasteiger partial charge is 0.253 e. The van der Waals surface area contributed by atoms with Gasteiger partial charge < -0.3 is 9.64 Å². The van der Waals surface area contributed by atoms with Crippen LogP contribution < -0.4 is 9.46 Å². The number of ether oxygens (including phenoxy) is 1. The largest absolute Gasteiger partial charge is 0.495 e. The van der Waals surface area contributed by atoms with Crippen LogP contribution in [0.2, 0.25) is 0 Å². The number of carbonyl (C=O) groups is 1. The molecule has 0 unspecified atom stereocenters. The summed E-state index contributed by atoms with van der Waals surface area (Å²) in [7, 11) is -2.31. The highest BCUT2D eigenvalue weighted by molar-refractivity contribution is 7.89. The van der Waals surface area contributed by atoms with Crippen molar-refractivity contribution in [1.82, 2.24) is 14.6 Å². The van der Waals surface area contributed by atoms with Crippen molar-refractivity contribution in [3.8, 4) is 5.75 Å². The van der Waals surface area contributed by atoms with Gasteiger partial charge in [0, 0.05) is 30.6 Å². The summed E-state index contributed by atoms with van der Waals surface area (Å²) in [6.07, 6.45) is 3.36. The third kappa shape index (κ3) is 4.24. The molecule has 0 radical (unpaired) electrons. The van der Waals surface area contributed by atoms with E-state index in [1.54, 1.807) is 28.4 Å². The summed E-state index contributed by atoms with van der Waals surface area (Å²) in [5.41, 5.74) is 1.39. The summed E-state index contributed by atoms with van der Waals surface area (Å²) in [6.45, 7) is 1.24. The van der Waals surface area contributed by atoms with Gasteiger partial charge in [-0.1, -0.05) is 12.1 Å². The second-order valence-electron chi connectivity index (χ2n) is 8.35. The van der Waals surface area contributed by atoms with Crippen molar-refractivity contribution in [2.24, 2.45) is 0 Å². The summed E-state index contributed by atoms with van der Waals surface area (Å²) in [4.78, 5) is 19.8.